The number of hydrogen-bond donors (Lipinski definition) is 2. The zero-order valence-electron chi connectivity index (χ0n) is 12.2. The quantitative estimate of drug-likeness (QED) is 0.528. The number of hydrogen-bond acceptors (Lipinski definition) is 3. The van der Waals surface area contributed by atoms with Crippen LogP contribution < -0.4 is 5.32 Å². The fourth-order valence-electron chi connectivity index (χ4n) is 2.21. The van der Waals surface area contributed by atoms with Gasteiger partial charge in [-0.1, -0.05) is 27.2 Å². The van der Waals surface area contributed by atoms with E-state index >= 15 is 0 Å². The summed E-state index contributed by atoms with van der Waals surface area (Å²) in [5.41, 5.74) is 0. The van der Waals surface area contributed by atoms with Crippen LogP contribution in [0.15, 0.2) is 0 Å². The molecule has 1 atom stereocenters. The number of rotatable bonds is 12. The third-order valence-corrected chi connectivity index (χ3v) is 3.05. The van der Waals surface area contributed by atoms with Gasteiger partial charge in [-0.2, -0.15) is 0 Å². The minimum atomic E-state index is -0.726. The number of likely N-dealkylation sites (N-methyl/N-ethyl adjacent to an activating group) is 1. The molecule has 0 aliphatic heterocycles. The zero-order valence-corrected chi connectivity index (χ0v) is 12.2. The lowest BCUT2D eigenvalue weighted by Crippen LogP contribution is -2.36. The van der Waals surface area contributed by atoms with Crippen molar-refractivity contribution in [1.82, 2.24) is 10.2 Å². The molecule has 0 radical (unpaired) electrons. The van der Waals surface area contributed by atoms with Crippen LogP contribution in [0.1, 0.15) is 52.9 Å². The normalized spacial score (nSPS) is 12.9. The fourth-order valence-corrected chi connectivity index (χ4v) is 2.21. The molecule has 0 heterocycles. The number of carbonyl (C=O) groups is 1. The van der Waals surface area contributed by atoms with E-state index in [2.05, 4.69) is 24.1 Å². The van der Waals surface area contributed by atoms with Crippen molar-refractivity contribution in [3.8, 4) is 0 Å². The highest BCUT2D eigenvalue weighted by molar-refractivity contribution is 5.73. The van der Waals surface area contributed by atoms with E-state index in [0.717, 1.165) is 45.4 Å². The number of unbranched alkanes of at least 4 members (excludes halogenated alkanes) is 1. The number of carboxylic acids is 1. The molecule has 0 unspecified atom stereocenters. The fraction of sp³-hybridized carbons (Fsp3) is 0.929. The Balaban J connectivity index is 3.76. The molecular formula is C14H30N2O2. The molecule has 0 bridgehead atoms. The lowest BCUT2D eigenvalue weighted by atomic mass is 10.1. The van der Waals surface area contributed by atoms with Crippen molar-refractivity contribution in [2.75, 3.05) is 26.2 Å². The van der Waals surface area contributed by atoms with E-state index in [1.54, 1.807) is 0 Å². The first-order valence-electron chi connectivity index (χ1n) is 7.34. The number of nitrogens with zero attached hydrogens (tertiary/aromatic N) is 1. The first-order chi connectivity index (χ1) is 8.65. The highest BCUT2D eigenvalue weighted by Crippen LogP contribution is 2.04. The van der Waals surface area contributed by atoms with Crippen LogP contribution in [0.3, 0.4) is 0 Å². The molecule has 0 rings (SSSR count). The summed E-state index contributed by atoms with van der Waals surface area (Å²) in [6.07, 6.45) is 5.18. The molecule has 18 heavy (non-hydrogen) atoms. The SMILES string of the molecule is CCCN(CCC)CCCC[C@H](NCC)C(=O)O. The summed E-state index contributed by atoms with van der Waals surface area (Å²) in [6.45, 7) is 10.5. The molecule has 0 fully saturated rings. The largest absolute Gasteiger partial charge is 0.480 e. The zero-order chi connectivity index (χ0) is 13.8. The molecule has 0 aliphatic carbocycles. The summed E-state index contributed by atoms with van der Waals surface area (Å²) in [5.74, 6) is -0.726. The van der Waals surface area contributed by atoms with Crippen LogP contribution in [0.25, 0.3) is 0 Å². The van der Waals surface area contributed by atoms with Crippen LogP contribution in [0, 0.1) is 0 Å². The van der Waals surface area contributed by atoms with E-state index in [-0.39, 0.29) is 6.04 Å². The molecule has 0 aromatic heterocycles. The number of carboxylic acid groups (broad SMARTS) is 1. The Kier molecular flexibility index (Phi) is 11.1. The average molecular weight is 258 g/mol. The molecule has 0 aromatic rings. The topological polar surface area (TPSA) is 52.6 Å². The third-order valence-electron chi connectivity index (χ3n) is 3.05. The predicted molar refractivity (Wildman–Crippen MR) is 76.0 cm³/mol. The summed E-state index contributed by atoms with van der Waals surface area (Å²) in [6, 6.07) is -0.374. The van der Waals surface area contributed by atoms with Crippen LogP contribution in [-0.2, 0) is 4.79 Å². The second-order valence-corrected chi connectivity index (χ2v) is 4.79. The molecular weight excluding hydrogens is 228 g/mol. The Morgan fingerprint density at radius 1 is 1.11 bits per heavy atom. The van der Waals surface area contributed by atoms with E-state index in [0.29, 0.717) is 0 Å². The molecule has 0 spiro atoms. The molecule has 0 aromatic carbocycles. The Hall–Kier alpha value is -0.610. The Morgan fingerprint density at radius 3 is 2.17 bits per heavy atom. The second kappa shape index (κ2) is 11.5. The van der Waals surface area contributed by atoms with Gasteiger partial charge in [-0.3, -0.25) is 4.79 Å². The van der Waals surface area contributed by atoms with Gasteiger partial charge in [-0.05, 0) is 51.9 Å². The van der Waals surface area contributed by atoms with Crippen molar-refractivity contribution < 1.29 is 9.90 Å². The van der Waals surface area contributed by atoms with Gasteiger partial charge in [0.25, 0.3) is 0 Å². The standard InChI is InChI=1S/C14H30N2O2/c1-4-10-16(11-5-2)12-8-7-9-13(14(17)18)15-6-3/h13,15H,4-12H2,1-3H3,(H,17,18)/t13-/m0/s1. The van der Waals surface area contributed by atoms with Crippen molar-refractivity contribution in [1.29, 1.82) is 0 Å². The predicted octanol–water partition coefficient (Wildman–Crippen LogP) is 2.34. The summed E-state index contributed by atoms with van der Waals surface area (Å²) in [5, 5.41) is 12.0. The van der Waals surface area contributed by atoms with Gasteiger partial charge in [0, 0.05) is 0 Å². The molecule has 0 saturated carbocycles. The van der Waals surface area contributed by atoms with Crippen molar-refractivity contribution in [3.63, 3.8) is 0 Å². The molecule has 0 saturated heterocycles. The maximum atomic E-state index is 10.9. The van der Waals surface area contributed by atoms with Crippen molar-refractivity contribution >= 4 is 5.97 Å². The number of aliphatic carboxylic acids is 1. The van der Waals surface area contributed by atoms with Gasteiger partial charge < -0.3 is 15.3 Å². The second-order valence-electron chi connectivity index (χ2n) is 4.79. The minimum absolute atomic E-state index is 0.374. The van der Waals surface area contributed by atoms with E-state index in [1.807, 2.05) is 6.92 Å². The third kappa shape index (κ3) is 8.48. The van der Waals surface area contributed by atoms with Gasteiger partial charge in [0.2, 0.25) is 0 Å². The minimum Gasteiger partial charge on any atom is -0.480 e. The van der Waals surface area contributed by atoms with Crippen LogP contribution >= 0.6 is 0 Å². The molecule has 4 heteroatoms. The number of nitrogens with one attached hydrogen (secondary N) is 1. The van der Waals surface area contributed by atoms with E-state index in [9.17, 15) is 4.79 Å². The van der Waals surface area contributed by atoms with Crippen LogP contribution in [0.4, 0.5) is 0 Å². The first-order valence-corrected chi connectivity index (χ1v) is 7.34. The van der Waals surface area contributed by atoms with E-state index in [4.69, 9.17) is 5.11 Å². The Morgan fingerprint density at radius 2 is 1.72 bits per heavy atom. The van der Waals surface area contributed by atoms with Gasteiger partial charge in [0.1, 0.15) is 6.04 Å². The van der Waals surface area contributed by atoms with Gasteiger partial charge in [-0.15, -0.1) is 0 Å². The smallest absolute Gasteiger partial charge is 0.320 e. The van der Waals surface area contributed by atoms with Gasteiger partial charge in [0.15, 0.2) is 0 Å². The Bertz CT molecular complexity index is 204. The highest BCUT2D eigenvalue weighted by Gasteiger charge is 2.14. The maximum absolute atomic E-state index is 10.9. The lowest BCUT2D eigenvalue weighted by molar-refractivity contribution is -0.139. The monoisotopic (exact) mass is 258 g/mol. The summed E-state index contributed by atoms with van der Waals surface area (Å²) >= 11 is 0. The molecule has 0 aliphatic rings. The van der Waals surface area contributed by atoms with Gasteiger partial charge in [-0.25, -0.2) is 0 Å². The van der Waals surface area contributed by atoms with Crippen LogP contribution in [0.5, 0.6) is 0 Å². The lowest BCUT2D eigenvalue weighted by Gasteiger charge is -2.21. The summed E-state index contributed by atoms with van der Waals surface area (Å²) in [7, 11) is 0. The molecule has 4 nitrogen and oxygen atoms in total. The van der Waals surface area contributed by atoms with Crippen LogP contribution in [0.2, 0.25) is 0 Å². The van der Waals surface area contributed by atoms with Gasteiger partial charge >= 0.3 is 5.97 Å². The van der Waals surface area contributed by atoms with E-state index in [1.165, 1.54) is 12.8 Å². The van der Waals surface area contributed by atoms with E-state index < -0.39 is 5.97 Å². The first kappa shape index (κ1) is 17.4. The van der Waals surface area contributed by atoms with Crippen LogP contribution in [-0.4, -0.2) is 48.2 Å². The molecule has 108 valence electrons. The maximum Gasteiger partial charge on any atom is 0.320 e. The van der Waals surface area contributed by atoms with Gasteiger partial charge in [0.05, 0.1) is 0 Å². The van der Waals surface area contributed by atoms with Crippen molar-refractivity contribution in [2.24, 2.45) is 0 Å². The molecule has 0 amide bonds. The molecule has 2 N–H and O–H groups in total. The summed E-state index contributed by atoms with van der Waals surface area (Å²) < 4.78 is 0. The average Bonchev–Trinajstić information content (AvgIpc) is 2.33. The summed E-state index contributed by atoms with van der Waals surface area (Å²) in [4.78, 5) is 13.4. The van der Waals surface area contributed by atoms with Crippen molar-refractivity contribution in [3.05, 3.63) is 0 Å². The Labute approximate surface area is 112 Å². The highest BCUT2D eigenvalue weighted by atomic mass is 16.4. The van der Waals surface area contributed by atoms with Crippen molar-refractivity contribution in [2.45, 2.75) is 58.9 Å².